The Morgan fingerprint density at radius 3 is 2.70 bits per heavy atom. The number of hydrogen-bond donors (Lipinski definition) is 1. The first kappa shape index (κ1) is 18.1. The Bertz CT molecular complexity index is 533. The Labute approximate surface area is 143 Å². The van der Waals surface area contributed by atoms with E-state index < -0.39 is 6.04 Å². The van der Waals surface area contributed by atoms with Gasteiger partial charge < -0.3 is 10.1 Å². The summed E-state index contributed by atoms with van der Waals surface area (Å²) in [6, 6.07) is 5.31. The van der Waals surface area contributed by atoms with Gasteiger partial charge in [-0.05, 0) is 24.6 Å². The van der Waals surface area contributed by atoms with E-state index in [0.29, 0.717) is 5.56 Å². The number of rotatable bonds is 6. The summed E-state index contributed by atoms with van der Waals surface area (Å²) in [5.74, 6) is 1.95. The van der Waals surface area contributed by atoms with Crippen molar-refractivity contribution in [3.8, 4) is 0 Å². The molecule has 0 saturated carbocycles. The second-order valence-corrected chi connectivity index (χ2v) is 7.52. The third-order valence-electron chi connectivity index (χ3n) is 3.37. The van der Waals surface area contributed by atoms with Crippen LogP contribution in [0.15, 0.2) is 24.3 Å². The maximum atomic E-state index is 13.1. The molecular formula is C16H20FNO3S2. The lowest BCUT2D eigenvalue weighted by atomic mass is 10.0. The quantitative estimate of drug-likeness (QED) is 0.794. The topological polar surface area (TPSA) is 55.4 Å². The van der Waals surface area contributed by atoms with Crippen molar-refractivity contribution in [2.24, 2.45) is 0 Å². The van der Waals surface area contributed by atoms with Crippen LogP contribution < -0.4 is 5.32 Å². The number of carbonyl (C=O) groups excluding carboxylic acids is 2. The summed E-state index contributed by atoms with van der Waals surface area (Å²) >= 11 is 3.39. The minimum atomic E-state index is -0.505. The Hall–Kier alpha value is -1.21. The van der Waals surface area contributed by atoms with Gasteiger partial charge in [0.05, 0.1) is 24.3 Å². The van der Waals surface area contributed by atoms with Gasteiger partial charge in [-0.3, -0.25) is 9.59 Å². The maximum Gasteiger partial charge on any atom is 0.308 e. The molecule has 1 N–H and O–H groups in total. The zero-order valence-electron chi connectivity index (χ0n) is 12.9. The number of amides is 1. The number of halogens is 1. The van der Waals surface area contributed by atoms with Gasteiger partial charge in [0.1, 0.15) is 5.82 Å². The van der Waals surface area contributed by atoms with Gasteiger partial charge in [0.15, 0.2) is 0 Å². The number of ether oxygens (including phenoxy) is 1. The van der Waals surface area contributed by atoms with Crippen LogP contribution in [0.2, 0.25) is 0 Å². The summed E-state index contributed by atoms with van der Waals surface area (Å²) in [6.45, 7) is 2.03. The Balaban J connectivity index is 2.07. The van der Waals surface area contributed by atoms with Crippen molar-refractivity contribution in [1.82, 2.24) is 5.32 Å². The van der Waals surface area contributed by atoms with Gasteiger partial charge in [-0.1, -0.05) is 12.1 Å². The number of esters is 1. The van der Waals surface area contributed by atoms with Crippen LogP contribution in [-0.2, 0) is 14.3 Å². The van der Waals surface area contributed by atoms with E-state index in [1.165, 1.54) is 12.1 Å². The first-order valence-electron chi connectivity index (χ1n) is 7.51. The van der Waals surface area contributed by atoms with Crippen LogP contribution in [0.25, 0.3) is 0 Å². The second-order valence-electron chi connectivity index (χ2n) is 5.06. The minimum absolute atomic E-state index is 0.0374. The molecule has 1 aromatic carbocycles. The van der Waals surface area contributed by atoms with Gasteiger partial charge in [-0.15, -0.1) is 11.8 Å². The highest BCUT2D eigenvalue weighted by atomic mass is 32.2. The second kappa shape index (κ2) is 9.17. The number of nitrogens with one attached hydrogen (secondary N) is 1. The van der Waals surface area contributed by atoms with Crippen molar-refractivity contribution in [3.05, 3.63) is 35.6 Å². The van der Waals surface area contributed by atoms with E-state index >= 15 is 0 Å². The van der Waals surface area contributed by atoms with Crippen LogP contribution in [-0.4, -0.2) is 41.0 Å². The third kappa shape index (κ3) is 5.73. The summed E-state index contributed by atoms with van der Waals surface area (Å²) in [5, 5.41) is 2.80. The Morgan fingerprint density at radius 1 is 1.35 bits per heavy atom. The Kier molecular flexibility index (Phi) is 7.23. The maximum absolute atomic E-state index is 13.1. The molecule has 1 fully saturated rings. The smallest absolute Gasteiger partial charge is 0.308 e. The highest BCUT2D eigenvalue weighted by molar-refractivity contribution is 8.07. The molecule has 1 aromatic rings. The fraction of sp³-hybridized carbons (Fsp3) is 0.500. The van der Waals surface area contributed by atoms with E-state index in [-0.39, 0.29) is 36.0 Å². The average molecular weight is 357 g/mol. The largest absolute Gasteiger partial charge is 0.466 e. The molecule has 0 radical (unpaired) electrons. The molecule has 23 heavy (non-hydrogen) atoms. The zero-order chi connectivity index (χ0) is 16.7. The molecule has 0 aromatic heterocycles. The van der Waals surface area contributed by atoms with Gasteiger partial charge in [-0.25, -0.2) is 4.39 Å². The molecule has 2 atom stereocenters. The lowest BCUT2D eigenvalue weighted by Crippen LogP contribution is -2.39. The van der Waals surface area contributed by atoms with Gasteiger partial charge in [0.25, 0.3) is 0 Å². The van der Waals surface area contributed by atoms with E-state index in [2.05, 4.69) is 5.32 Å². The first-order valence-corrected chi connectivity index (χ1v) is 9.71. The van der Waals surface area contributed by atoms with E-state index in [4.69, 9.17) is 4.74 Å². The van der Waals surface area contributed by atoms with Crippen LogP contribution in [0.5, 0.6) is 0 Å². The highest BCUT2D eigenvalue weighted by Gasteiger charge is 2.26. The molecule has 0 bridgehead atoms. The van der Waals surface area contributed by atoms with Crippen LogP contribution in [0, 0.1) is 5.82 Å². The molecule has 0 spiro atoms. The molecule has 0 unspecified atom stereocenters. The average Bonchev–Trinajstić information content (AvgIpc) is 2.56. The number of thioether (sulfide) groups is 2. The van der Waals surface area contributed by atoms with Gasteiger partial charge in [0.2, 0.25) is 5.91 Å². The molecule has 1 heterocycles. The van der Waals surface area contributed by atoms with E-state index in [0.717, 1.165) is 17.3 Å². The Morgan fingerprint density at radius 2 is 2.09 bits per heavy atom. The number of benzene rings is 1. The molecule has 2 rings (SSSR count). The number of hydrogen-bond acceptors (Lipinski definition) is 5. The van der Waals surface area contributed by atoms with Crippen LogP contribution in [0.1, 0.15) is 24.9 Å². The predicted octanol–water partition coefficient (Wildman–Crippen LogP) is 2.78. The summed E-state index contributed by atoms with van der Waals surface area (Å²) in [7, 11) is 0. The molecular weight excluding hydrogens is 337 g/mol. The first-order chi connectivity index (χ1) is 11.1. The van der Waals surface area contributed by atoms with Crippen LogP contribution >= 0.6 is 23.5 Å². The van der Waals surface area contributed by atoms with Gasteiger partial charge in [0, 0.05) is 17.3 Å². The summed E-state index contributed by atoms with van der Waals surface area (Å²) < 4.78 is 18.1. The summed E-state index contributed by atoms with van der Waals surface area (Å²) in [4.78, 5) is 24.2. The van der Waals surface area contributed by atoms with E-state index in [9.17, 15) is 14.0 Å². The molecule has 1 saturated heterocycles. The molecule has 1 aliphatic heterocycles. The molecule has 1 amide bonds. The summed E-state index contributed by atoms with van der Waals surface area (Å²) in [5.41, 5.74) is 0.696. The van der Waals surface area contributed by atoms with Gasteiger partial charge >= 0.3 is 5.97 Å². The lowest BCUT2D eigenvalue weighted by molar-refractivity contribution is -0.143. The SMILES string of the molecule is CCOC(=O)C[C@H](NC(=O)[C@@H]1CSCCS1)c1ccc(F)cc1. The summed E-state index contributed by atoms with van der Waals surface area (Å²) in [6.07, 6.45) is 0.0374. The fourth-order valence-corrected chi connectivity index (χ4v) is 4.80. The van der Waals surface area contributed by atoms with Crippen molar-refractivity contribution in [1.29, 1.82) is 0 Å². The molecule has 0 aliphatic carbocycles. The van der Waals surface area contributed by atoms with Crippen molar-refractivity contribution in [2.45, 2.75) is 24.6 Å². The van der Waals surface area contributed by atoms with Crippen molar-refractivity contribution < 1.29 is 18.7 Å². The van der Waals surface area contributed by atoms with Crippen LogP contribution in [0.4, 0.5) is 4.39 Å². The minimum Gasteiger partial charge on any atom is -0.466 e. The monoisotopic (exact) mass is 357 g/mol. The highest BCUT2D eigenvalue weighted by Crippen LogP contribution is 2.26. The zero-order valence-corrected chi connectivity index (χ0v) is 14.6. The molecule has 4 nitrogen and oxygen atoms in total. The van der Waals surface area contributed by atoms with Crippen molar-refractivity contribution in [3.63, 3.8) is 0 Å². The van der Waals surface area contributed by atoms with Gasteiger partial charge in [-0.2, -0.15) is 11.8 Å². The van der Waals surface area contributed by atoms with E-state index in [1.54, 1.807) is 42.6 Å². The number of carbonyl (C=O) groups is 2. The molecule has 1 aliphatic rings. The third-order valence-corrected chi connectivity index (χ3v) is 6.13. The standard InChI is InChI=1S/C16H20FNO3S2/c1-2-21-15(19)9-13(11-3-5-12(17)6-4-11)18-16(20)14-10-22-7-8-23-14/h3-6,13-14H,2,7-10H2,1H3,(H,18,20)/t13-,14-/m0/s1. The fourth-order valence-electron chi connectivity index (χ4n) is 2.24. The normalized spacial score (nSPS) is 19.0. The molecule has 126 valence electrons. The van der Waals surface area contributed by atoms with E-state index in [1.807, 2.05) is 0 Å². The van der Waals surface area contributed by atoms with Crippen LogP contribution in [0.3, 0.4) is 0 Å². The van der Waals surface area contributed by atoms with Crippen molar-refractivity contribution >= 4 is 35.4 Å². The lowest BCUT2D eigenvalue weighted by Gasteiger charge is -2.24. The van der Waals surface area contributed by atoms with Crippen molar-refractivity contribution in [2.75, 3.05) is 23.9 Å². The molecule has 7 heteroatoms. The predicted molar refractivity (Wildman–Crippen MR) is 92.1 cm³/mol.